The Kier molecular flexibility index (Phi) is 4.65. The maximum atomic E-state index is 12.4. The van der Waals surface area contributed by atoms with Crippen LogP contribution in [0.1, 0.15) is 23.7 Å². The van der Waals surface area contributed by atoms with Crippen molar-refractivity contribution < 1.29 is 23.1 Å². The van der Waals surface area contributed by atoms with Gasteiger partial charge in [0.1, 0.15) is 0 Å². The van der Waals surface area contributed by atoms with Crippen LogP contribution in [0.4, 0.5) is 0 Å². The zero-order valence-corrected chi connectivity index (χ0v) is 14.2. The third kappa shape index (κ3) is 3.57. The molecule has 1 atom stereocenters. The molecule has 6 nitrogen and oxygen atoms in total. The summed E-state index contributed by atoms with van der Waals surface area (Å²) in [5.74, 6) is -1.30. The van der Waals surface area contributed by atoms with Crippen LogP contribution < -0.4 is 4.72 Å². The number of nitrogens with one attached hydrogen (secondary N) is 1. The molecule has 1 aliphatic heterocycles. The summed E-state index contributed by atoms with van der Waals surface area (Å²) in [6, 6.07) is 2.31. The molecule has 0 amide bonds. The summed E-state index contributed by atoms with van der Waals surface area (Å²) in [6.45, 7) is 2.48. The standard InChI is InChI=1S/C12H13BrClNO5S/c1-12(2-3-20-6-12)15-21(18,19)7-4-8(11(16)17)10(14)9(13)5-7/h4-5,15H,2-3,6H2,1H3,(H,16,17). The van der Waals surface area contributed by atoms with E-state index in [1.165, 1.54) is 6.07 Å². The van der Waals surface area contributed by atoms with E-state index >= 15 is 0 Å². The van der Waals surface area contributed by atoms with Gasteiger partial charge in [0.25, 0.3) is 0 Å². The topological polar surface area (TPSA) is 92.7 Å². The van der Waals surface area contributed by atoms with Crippen LogP contribution >= 0.6 is 27.5 Å². The van der Waals surface area contributed by atoms with Gasteiger partial charge in [-0.2, -0.15) is 0 Å². The molecule has 116 valence electrons. The first kappa shape index (κ1) is 16.7. The Morgan fingerprint density at radius 1 is 1.52 bits per heavy atom. The van der Waals surface area contributed by atoms with Gasteiger partial charge in [0.2, 0.25) is 10.0 Å². The molecule has 0 saturated carbocycles. The molecular weight excluding hydrogens is 386 g/mol. The summed E-state index contributed by atoms with van der Waals surface area (Å²) < 4.78 is 32.8. The number of carbonyl (C=O) groups is 1. The highest BCUT2D eigenvalue weighted by atomic mass is 79.9. The maximum Gasteiger partial charge on any atom is 0.337 e. The van der Waals surface area contributed by atoms with Crippen molar-refractivity contribution in [1.82, 2.24) is 4.72 Å². The minimum absolute atomic E-state index is 0.0446. The minimum atomic E-state index is -3.88. The smallest absolute Gasteiger partial charge is 0.337 e. The van der Waals surface area contributed by atoms with E-state index in [-0.39, 0.29) is 26.6 Å². The molecule has 2 N–H and O–H groups in total. The van der Waals surface area contributed by atoms with Gasteiger partial charge in [-0.25, -0.2) is 17.9 Å². The van der Waals surface area contributed by atoms with Gasteiger partial charge in [-0.1, -0.05) is 11.6 Å². The lowest BCUT2D eigenvalue weighted by molar-refractivity contribution is 0.0696. The Hall–Kier alpha value is -0.670. The van der Waals surface area contributed by atoms with Crippen molar-refractivity contribution in [2.45, 2.75) is 23.8 Å². The third-order valence-electron chi connectivity index (χ3n) is 3.14. The zero-order valence-electron chi connectivity index (χ0n) is 11.0. The van der Waals surface area contributed by atoms with Gasteiger partial charge >= 0.3 is 5.97 Å². The van der Waals surface area contributed by atoms with Gasteiger partial charge in [0, 0.05) is 11.1 Å². The van der Waals surface area contributed by atoms with Gasteiger partial charge in [-0.15, -0.1) is 0 Å². The van der Waals surface area contributed by atoms with E-state index in [9.17, 15) is 13.2 Å². The molecule has 0 bridgehead atoms. The van der Waals surface area contributed by atoms with E-state index in [1.54, 1.807) is 6.92 Å². The average Bonchev–Trinajstić information content (AvgIpc) is 2.77. The summed E-state index contributed by atoms with van der Waals surface area (Å²) >= 11 is 8.92. The number of rotatable bonds is 4. The lowest BCUT2D eigenvalue weighted by Crippen LogP contribution is -2.46. The third-order valence-corrected chi connectivity index (χ3v) is 6.02. The van der Waals surface area contributed by atoms with Crippen LogP contribution in [0.15, 0.2) is 21.5 Å². The van der Waals surface area contributed by atoms with Gasteiger partial charge in [-0.3, -0.25) is 0 Å². The number of benzene rings is 1. The second kappa shape index (κ2) is 5.85. The number of sulfonamides is 1. The van der Waals surface area contributed by atoms with Crippen LogP contribution in [0, 0.1) is 0 Å². The minimum Gasteiger partial charge on any atom is -0.478 e. The monoisotopic (exact) mass is 397 g/mol. The maximum absolute atomic E-state index is 12.4. The molecule has 1 heterocycles. The summed E-state index contributed by atoms with van der Waals surface area (Å²) in [6.07, 6.45) is 0.548. The molecule has 0 radical (unpaired) electrons. The lowest BCUT2D eigenvalue weighted by atomic mass is 10.0. The normalized spacial score (nSPS) is 22.4. The van der Waals surface area contributed by atoms with E-state index < -0.39 is 21.5 Å². The summed E-state index contributed by atoms with van der Waals surface area (Å²) in [4.78, 5) is 11.0. The van der Waals surface area contributed by atoms with E-state index in [4.69, 9.17) is 21.4 Å². The Labute approximate surface area is 135 Å². The lowest BCUT2D eigenvalue weighted by Gasteiger charge is -2.23. The largest absolute Gasteiger partial charge is 0.478 e. The molecule has 1 fully saturated rings. The molecule has 0 spiro atoms. The van der Waals surface area contributed by atoms with Gasteiger partial charge in [-0.05, 0) is 41.4 Å². The molecular formula is C12H13BrClNO5S. The molecule has 1 aromatic rings. The van der Waals surface area contributed by atoms with Crippen LogP contribution in [0.2, 0.25) is 5.02 Å². The number of carboxylic acids is 1. The summed E-state index contributed by atoms with van der Waals surface area (Å²) in [7, 11) is -3.88. The molecule has 0 aliphatic carbocycles. The van der Waals surface area contributed by atoms with Crippen LogP contribution in [0.3, 0.4) is 0 Å². The average molecular weight is 399 g/mol. The Balaban J connectivity index is 2.43. The van der Waals surface area contributed by atoms with Gasteiger partial charge < -0.3 is 9.84 Å². The first-order chi connectivity index (χ1) is 9.65. The van der Waals surface area contributed by atoms with Crippen molar-refractivity contribution in [2.24, 2.45) is 0 Å². The van der Waals surface area contributed by atoms with Crippen molar-refractivity contribution in [2.75, 3.05) is 13.2 Å². The zero-order chi connectivity index (χ0) is 15.8. The van der Waals surface area contributed by atoms with Crippen molar-refractivity contribution in [3.05, 3.63) is 27.2 Å². The number of ether oxygens (including phenoxy) is 1. The predicted molar refractivity (Wildman–Crippen MR) is 80.3 cm³/mol. The summed E-state index contributed by atoms with van der Waals surface area (Å²) in [5, 5.41) is 9.03. The SMILES string of the molecule is CC1(NS(=O)(=O)c2cc(Br)c(Cl)c(C(=O)O)c2)CCOC1. The predicted octanol–water partition coefficient (Wildman–Crippen LogP) is 2.26. The van der Waals surface area contributed by atoms with Crippen LogP contribution in [-0.4, -0.2) is 38.2 Å². The van der Waals surface area contributed by atoms with Crippen molar-refractivity contribution in [3.63, 3.8) is 0 Å². The highest BCUT2D eigenvalue weighted by Crippen LogP contribution is 2.31. The Morgan fingerprint density at radius 3 is 2.71 bits per heavy atom. The van der Waals surface area contributed by atoms with Gasteiger partial charge in [0.05, 0.1) is 27.6 Å². The molecule has 1 aliphatic rings. The Morgan fingerprint density at radius 2 is 2.19 bits per heavy atom. The first-order valence-electron chi connectivity index (χ1n) is 5.99. The van der Waals surface area contributed by atoms with E-state index in [0.717, 1.165) is 6.07 Å². The number of aromatic carboxylic acids is 1. The fourth-order valence-corrected chi connectivity index (χ4v) is 4.28. The highest BCUT2D eigenvalue weighted by Gasteiger charge is 2.35. The van der Waals surface area contributed by atoms with E-state index in [2.05, 4.69) is 20.7 Å². The molecule has 1 unspecified atom stereocenters. The fraction of sp³-hybridized carbons (Fsp3) is 0.417. The quantitative estimate of drug-likeness (QED) is 0.811. The van der Waals surface area contributed by atoms with Crippen molar-refractivity contribution in [3.8, 4) is 0 Å². The van der Waals surface area contributed by atoms with E-state index in [0.29, 0.717) is 13.0 Å². The number of carboxylic acid groups (broad SMARTS) is 1. The number of hydrogen-bond acceptors (Lipinski definition) is 4. The number of halogens is 2. The molecule has 0 aromatic heterocycles. The highest BCUT2D eigenvalue weighted by molar-refractivity contribution is 9.10. The van der Waals surface area contributed by atoms with E-state index in [1.807, 2.05) is 0 Å². The fourth-order valence-electron chi connectivity index (χ4n) is 2.01. The molecule has 21 heavy (non-hydrogen) atoms. The summed E-state index contributed by atoms with van der Waals surface area (Å²) in [5.41, 5.74) is -0.979. The van der Waals surface area contributed by atoms with Crippen molar-refractivity contribution in [1.29, 1.82) is 0 Å². The second-order valence-corrected chi connectivity index (χ2v) is 7.96. The van der Waals surface area contributed by atoms with Crippen LogP contribution in [-0.2, 0) is 14.8 Å². The Bertz CT molecular complexity index is 685. The second-order valence-electron chi connectivity index (χ2n) is 5.04. The van der Waals surface area contributed by atoms with Crippen LogP contribution in [0.5, 0.6) is 0 Å². The van der Waals surface area contributed by atoms with Crippen LogP contribution in [0.25, 0.3) is 0 Å². The van der Waals surface area contributed by atoms with Gasteiger partial charge in [0.15, 0.2) is 0 Å². The molecule has 9 heteroatoms. The number of hydrogen-bond donors (Lipinski definition) is 2. The molecule has 1 aromatic carbocycles. The molecule has 1 saturated heterocycles. The first-order valence-corrected chi connectivity index (χ1v) is 8.64. The molecule has 2 rings (SSSR count). The van der Waals surface area contributed by atoms with Crippen molar-refractivity contribution >= 4 is 43.5 Å².